The first-order valence-corrected chi connectivity index (χ1v) is 6.00. The Kier molecular flexibility index (Phi) is 3.92. The van der Waals surface area contributed by atoms with Crippen LogP contribution in [0.5, 0.6) is 0 Å². The molecule has 0 aliphatic carbocycles. The van der Waals surface area contributed by atoms with Gasteiger partial charge < -0.3 is 0 Å². The fourth-order valence-electron chi connectivity index (χ4n) is 1.60. The van der Waals surface area contributed by atoms with Gasteiger partial charge in [0.15, 0.2) is 0 Å². The van der Waals surface area contributed by atoms with Crippen molar-refractivity contribution in [2.24, 2.45) is 4.99 Å². The largest absolute Gasteiger partial charge is 0.269 e. The first kappa shape index (κ1) is 13.2. The number of nitrogens with zero attached hydrogens (tertiary/aromatic N) is 2. The lowest BCUT2D eigenvalue weighted by Gasteiger charge is -2.01. The summed E-state index contributed by atoms with van der Waals surface area (Å²) in [6.07, 6.45) is 0. The van der Waals surface area contributed by atoms with Crippen molar-refractivity contribution in [3.63, 3.8) is 0 Å². The van der Waals surface area contributed by atoms with Crippen LogP contribution in [0.15, 0.2) is 53.5 Å². The van der Waals surface area contributed by atoms with E-state index in [-0.39, 0.29) is 5.69 Å². The molecule has 0 radical (unpaired) electrons. The zero-order valence-corrected chi connectivity index (χ0v) is 11.0. The lowest BCUT2D eigenvalue weighted by atomic mass is 10.1. The summed E-state index contributed by atoms with van der Waals surface area (Å²) >= 11 is 5.80. The van der Waals surface area contributed by atoms with Gasteiger partial charge in [-0.15, -0.1) is 0 Å². The highest BCUT2D eigenvalue weighted by atomic mass is 35.5. The Hall–Kier alpha value is -2.20. The number of aliphatic imine (C=N–C) groups is 1. The molecule has 0 bridgehead atoms. The number of hydrogen-bond acceptors (Lipinski definition) is 3. The van der Waals surface area contributed by atoms with Gasteiger partial charge in [-0.3, -0.25) is 15.1 Å². The van der Waals surface area contributed by atoms with Gasteiger partial charge in [-0.05, 0) is 48.9 Å². The number of non-ortho nitro benzene ring substituents is 1. The lowest BCUT2D eigenvalue weighted by molar-refractivity contribution is -0.384. The number of rotatable bonds is 3. The molecule has 0 atom stereocenters. The maximum absolute atomic E-state index is 10.6. The maximum Gasteiger partial charge on any atom is 0.269 e. The van der Waals surface area contributed by atoms with Gasteiger partial charge >= 0.3 is 0 Å². The average molecular weight is 275 g/mol. The SMILES string of the molecule is CC(=Nc1ccc(Cl)cc1)c1ccc([N+](=O)[O-])cc1. The Bertz CT molecular complexity index is 619. The number of benzene rings is 2. The van der Waals surface area contributed by atoms with Crippen LogP contribution in [0.2, 0.25) is 5.02 Å². The summed E-state index contributed by atoms with van der Waals surface area (Å²) in [5, 5.41) is 11.2. The van der Waals surface area contributed by atoms with Crippen LogP contribution < -0.4 is 0 Å². The molecular formula is C14H11ClN2O2. The topological polar surface area (TPSA) is 55.5 Å². The van der Waals surface area contributed by atoms with Crippen molar-refractivity contribution in [2.75, 3.05) is 0 Å². The Morgan fingerprint density at radius 2 is 1.68 bits per heavy atom. The van der Waals surface area contributed by atoms with E-state index in [0.29, 0.717) is 5.02 Å². The number of nitro benzene ring substituents is 1. The first-order chi connectivity index (χ1) is 9.06. The molecule has 96 valence electrons. The fourth-order valence-corrected chi connectivity index (χ4v) is 1.72. The van der Waals surface area contributed by atoms with Gasteiger partial charge in [-0.1, -0.05) is 11.6 Å². The smallest absolute Gasteiger partial charge is 0.258 e. The van der Waals surface area contributed by atoms with E-state index in [9.17, 15) is 10.1 Å². The van der Waals surface area contributed by atoms with Gasteiger partial charge in [0.05, 0.1) is 10.6 Å². The van der Waals surface area contributed by atoms with Gasteiger partial charge in [-0.25, -0.2) is 0 Å². The van der Waals surface area contributed by atoms with Crippen LogP contribution in [0.25, 0.3) is 0 Å². The van der Waals surface area contributed by atoms with E-state index in [4.69, 9.17) is 11.6 Å². The summed E-state index contributed by atoms with van der Waals surface area (Å²) in [6.45, 7) is 1.86. The third-order valence-electron chi connectivity index (χ3n) is 2.62. The zero-order valence-electron chi connectivity index (χ0n) is 10.2. The van der Waals surface area contributed by atoms with E-state index in [0.717, 1.165) is 17.0 Å². The van der Waals surface area contributed by atoms with Crippen molar-refractivity contribution in [1.29, 1.82) is 0 Å². The van der Waals surface area contributed by atoms with Gasteiger partial charge in [0, 0.05) is 22.9 Å². The molecule has 0 fully saturated rings. The van der Waals surface area contributed by atoms with E-state index in [1.807, 2.05) is 19.1 Å². The quantitative estimate of drug-likeness (QED) is 0.473. The molecule has 0 spiro atoms. The third kappa shape index (κ3) is 3.39. The van der Waals surface area contributed by atoms with Crippen LogP contribution in [0, 0.1) is 10.1 Å². The molecule has 0 unspecified atom stereocenters. The maximum atomic E-state index is 10.6. The van der Waals surface area contributed by atoms with Crippen molar-refractivity contribution >= 4 is 28.7 Å². The molecule has 0 aromatic heterocycles. The zero-order chi connectivity index (χ0) is 13.8. The second kappa shape index (κ2) is 5.63. The van der Waals surface area contributed by atoms with Crippen LogP contribution in [0.4, 0.5) is 11.4 Å². The van der Waals surface area contributed by atoms with E-state index in [2.05, 4.69) is 4.99 Å². The molecule has 2 rings (SSSR count). The Morgan fingerprint density at radius 1 is 1.11 bits per heavy atom. The summed E-state index contributed by atoms with van der Waals surface area (Å²) in [5.41, 5.74) is 2.50. The van der Waals surface area contributed by atoms with Crippen molar-refractivity contribution in [1.82, 2.24) is 0 Å². The van der Waals surface area contributed by atoms with Gasteiger partial charge in [-0.2, -0.15) is 0 Å². The second-order valence-corrected chi connectivity index (χ2v) is 4.41. The number of nitro groups is 1. The standard InChI is InChI=1S/C14H11ClN2O2/c1-10(16-13-6-4-12(15)5-7-13)11-2-8-14(9-3-11)17(18)19/h2-9H,1H3. The summed E-state index contributed by atoms with van der Waals surface area (Å²) < 4.78 is 0. The number of halogens is 1. The van der Waals surface area contributed by atoms with Crippen molar-refractivity contribution in [3.8, 4) is 0 Å². The molecule has 0 saturated carbocycles. The minimum Gasteiger partial charge on any atom is -0.258 e. The minimum atomic E-state index is -0.421. The minimum absolute atomic E-state index is 0.0723. The highest BCUT2D eigenvalue weighted by Crippen LogP contribution is 2.18. The van der Waals surface area contributed by atoms with Crippen LogP contribution in [-0.4, -0.2) is 10.6 Å². The fraction of sp³-hybridized carbons (Fsp3) is 0.0714. The predicted octanol–water partition coefficient (Wildman–Crippen LogP) is 4.39. The highest BCUT2D eigenvalue weighted by molar-refractivity contribution is 6.30. The predicted molar refractivity (Wildman–Crippen MR) is 76.4 cm³/mol. The molecule has 0 aliphatic heterocycles. The molecule has 0 N–H and O–H groups in total. The van der Waals surface area contributed by atoms with E-state index in [1.165, 1.54) is 12.1 Å². The normalized spacial score (nSPS) is 11.4. The first-order valence-electron chi connectivity index (χ1n) is 5.62. The third-order valence-corrected chi connectivity index (χ3v) is 2.87. The Morgan fingerprint density at radius 3 is 2.21 bits per heavy atom. The van der Waals surface area contributed by atoms with Crippen LogP contribution in [-0.2, 0) is 0 Å². The molecule has 5 heteroatoms. The number of hydrogen-bond donors (Lipinski definition) is 0. The average Bonchev–Trinajstić information content (AvgIpc) is 2.41. The van der Waals surface area contributed by atoms with Crippen LogP contribution in [0.3, 0.4) is 0 Å². The molecule has 0 heterocycles. The molecule has 2 aromatic rings. The molecule has 4 nitrogen and oxygen atoms in total. The van der Waals surface area contributed by atoms with Gasteiger partial charge in [0.25, 0.3) is 5.69 Å². The summed E-state index contributed by atoms with van der Waals surface area (Å²) in [7, 11) is 0. The molecule has 2 aromatic carbocycles. The van der Waals surface area contributed by atoms with E-state index < -0.39 is 4.92 Å². The van der Waals surface area contributed by atoms with Crippen LogP contribution >= 0.6 is 11.6 Å². The summed E-state index contributed by atoms with van der Waals surface area (Å²) in [5.74, 6) is 0. The van der Waals surface area contributed by atoms with E-state index >= 15 is 0 Å². The summed E-state index contributed by atoms with van der Waals surface area (Å²) in [6, 6.07) is 13.5. The molecule has 19 heavy (non-hydrogen) atoms. The lowest BCUT2D eigenvalue weighted by Crippen LogP contribution is -1.95. The van der Waals surface area contributed by atoms with Crippen LogP contribution in [0.1, 0.15) is 12.5 Å². The highest BCUT2D eigenvalue weighted by Gasteiger charge is 2.05. The second-order valence-electron chi connectivity index (χ2n) is 3.98. The summed E-state index contributed by atoms with van der Waals surface area (Å²) in [4.78, 5) is 14.6. The molecular weight excluding hydrogens is 264 g/mol. The molecule has 0 amide bonds. The van der Waals surface area contributed by atoms with Crippen molar-refractivity contribution in [2.45, 2.75) is 6.92 Å². The molecule has 0 aliphatic rings. The van der Waals surface area contributed by atoms with Gasteiger partial charge in [0.1, 0.15) is 0 Å². The van der Waals surface area contributed by atoms with Crippen molar-refractivity contribution < 1.29 is 4.92 Å². The monoisotopic (exact) mass is 274 g/mol. The Balaban J connectivity index is 2.25. The van der Waals surface area contributed by atoms with Crippen molar-refractivity contribution in [3.05, 3.63) is 69.2 Å². The Labute approximate surface area is 115 Å². The van der Waals surface area contributed by atoms with Gasteiger partial charge in [0.2, 0.25) is 0 Å². The van der Waals surface area contributed by atoms with E-state index in [1.54, 1.807) is 24.3 Å². The molecule has 0 saturated heterocycles.